The Hall–Kier alpha value is -1.02. The molecular formula is C14H20ClNO. The molecule has 17 heavy (non-hydrogen) atoms. The molecule has 0 saturated carbocycles. The van der Waals surface area contributed by atoms with E-state index < -0.39 is 0 Å². The van der Waals surface area contributed by atoms with Gasteiger partial charge in [-0.2, -0.15) is 0 Å². The second-order valence-electron chi connectivity index (χ2n) is 4.15. The molecule has 0 aromatic heterocycles. The van der Waals surface area contributed by atoms with Crippen LogP contribution in [-0.2, 0) is 5.88 Å². The lowest BCUT2D eigenvalue weighted by Crippen LogP contribution is -2.24. The van der Waals surface area contributed by atoms with E-state index in [9.17, 15) is 4.79 Å². The molecule has 0 aliphatic rings. The third-order valence-electron chi connectivity index (χ3n) is 2.66. The van der Waals surface area contributed by atoms with E-state index in [2.05, 4.69) is 12.2 Å². The van der Waals surface area contributed by atoms with E-state index in [4.69, 9.17) is 11.6 Å². The lowest BCUT2D eigenvalue weighted by Gasteiger charge is -2.05. The standard InChI is InChI=1S/C14H20ClNO/c1-2-3-4-5-9-16-14(17)13-8-6-7-12(10-13)11-15/h6-8,10H,2-5,9,11H2,1H3,(H,16,17). The van der Waals surface area contributed by atoms with Crippen molar-refractivity contribution in [3.63, 3.8) is 0 Å². The van der Waals surface area contributed by atoms with Crippen molar-refractivity contribution >= 4 is 17.5 Å². The molecule has 0 aliphatic heterocycles. The first-order valence-electron chi connectivity index (χ1n) is 6.21. The van der Waals surface area contributed by atoms with Gasteiger partial charge in [-0.3, -0.25) is 4.79 Å². The average molecular weight is 254 g/mol. The predicted octanol–water partition coefficient (Wildman–Crippen LogP) is 3.74. The maximum absolute atomic E-state index is 11.8. The van der Waals surface area contributed by atoms with Crippen molar-refractivity contribution in [2.24, 2.45) is 0 Å². The number of hydrogen-bond donors (Lipinski definition) is 1. The number of nitrogens with one attached hydrogen (secondary N) is 1. The Bertz CT molecular complexity index is 352. The van der Waals surface area contributed by atoms with Crippen LogP contribution in [0.2, 0.25) is 0 Å². The molecule has 0 bridgehead atoms. The van der Waals surface area contributed by atoms with Gasteiger partial charge in [0.1, 0.15) is 0 Å². The van der Waals surface area contributed by atoms with Gasteiger partial charge in [-0.1, -0.05) is 38.3 Å². The highest BCUT2D eigenvalue weighted by Gasteiger charge is 2.04. The maximum atomic E-state index is 11.8. The van der Waals surface area contributed by atoms with E-state index in [0.29, 0.717) is 11.4 Å². The summed E-state index contributed by atoms with van der Waals surface area (Å²) in [6.45, 7) is 2.93. The lowest BCUT2D eigenvalue weighted by molar-refractivity contribution is 0.0953. The van der Waals surface area contributed by atoms with Gasteiger partial charge < -0.3 is 5.32 Å². The number of benzene rings is 1. The van der Waals surface area contributed by atoms with Gasteiger partial charge in [0.2, 0.25) is 0 Å². The summed E-state index contributed by atoms with van der Waals surface area (Å²) in [5, 5.41) is 2.93. The largest absolute Gasteiger partial charge is 0.352 e. The van der Waals surface area contributed by atoms with E-state index in [-0.39, 0.29) is 5.91 Å². The van der Waals surface area contributed by atoms with Gasteiger partial charge >= 0.3 is 0 Å². The lowest BCUT2D eigenvalue weighted by atomic mass is 10.1. The minimum Gasteiger partial charge on any atom is -0.352 e. The van der Waals surface area contributed by atoms with Gasteiger partial charge in [0.25, 0.3) is 5.91 Å². The Morgan fingerprint density at radius 2 is 2.12 bits per heavy atom. The Kier molecular flexibility index (Phi) is 6.71. The molecule has 0 aliphatic carbocycles. The van der Waals surface area contributed by atoms with Crippen LogP contribution in [0.5, 0.6) is 0 Å². The van der Waals surface area contributed by atoms with Crippen molar-refractivity contribution in [2.75, 3.05) is 6.54 Å². The number of carbonyl (C=O) groups excluding carboxylic acids is 1. The Labute approximate surface area is 108 Å². The number of unbranched alkanes of at least 4 members (excludes halogenated alkanes) is 3. The smallest absolute Gasteiger partial charge is 0.251 e. The summed E-state index contributed by atoms with van der Waals surface area (Å²) in [7, 11) is 0. The first-order valence-corrected chi connectivity index (χ1v) is 6.74. The van der Waals surface area contributed by atoms with Gasteiger partial charge in [0, 0.05) is 18.0 Å². The van der Waals surface area contributed by atoms with E-state index >= 15 is 0 Å². The van der Waals surface area contributed by atoms with Gasteiger partial charge in [-0.15, -0.1) is 11.6 Å². The van der Waals surface area contributed by atoms with Crippen LogP contribution in [0.1, 0.15) is 48.5 Å². The molecule has 3 heteroatoms. The van der Waals surface area contributed by atoms with Crippen LogP contribution in [0, 0.1) is 0 Å². The van der Waals surface area contributed by atoms with Crippen LogP contribution in [0.4, 0.5) is 0 Å². The van der Waals surface area contributed by atoms with Crippen LogP contribution in [-0.4, -0.2) is 12.5 Å². The van der Waals surface area contributed by atoms with Crippen LogP contribution in [0.3, 0.4) is 0 Å². The molecule has 1 rings (SSSR count). The molecule has 0 unspecified atom stereocenters. The van der Waals surface area contributed by atoms with Crippen molar-refractivity contribution in [3.8, 4) is 0 Å². The average Bonchev–Trinajstić information content (AvgIpc) is 2.38. The SMILES string of the molecule is CCCCCCNC(=O)c1cccc(CCl)c1. The number of rotatable bonds is 7. The first kappa shape index (κ1) is 14.0. The van der Waals surface area contributed by atoms with E-state index in [1.54, 1.807) is 0 Å². The zero-order chi connectivity index (χ0) is 12.5. The summed E-state index contributed by atoms with van der Waals surface area (Å²) in [5.41, 5.74) is 1.67. The highest BCUT2D eigenvalue weighted by Crippen LogP contribution is 2.07. The van der Waals surface area contributed by atoms with Crippen LogP contribution >= 0.6 is 11.6 Å². The topological polar surface area (TPSA) is 29.1 Å². The number of amides is 1. The molecule has 1 aromatic carbocycles. The zero-order valence-corrected chi connectivity index (χ0v) is 11.1. The maximum Gasteiger partial charge on any atom is 0.251 e. The fourth-order valence-electron chi connectivity index (χ4n) is 1.65. The highest BCUT2D eigenvalue weighted by molar-refractivity contribution is 6.17. The summed E-state index contributed by atoms with van der Waals surface area (Å²) in [6, 6.07) is 7.44. The van der Waals surface area contributed by atoms with Gasteiger partial charge in [-0.25, -0.2) is 0 Å². The number of carbonyl (C=O) groups is 1. The summed E-state index contributed by atoms with van der Waals surface area (Å²) >= 11 is 5.73. The van der Waals surface area contributed by atoms with Gasteiger partial charge in [0.05, 0.1) is 0 Å². The molecule has 0 heterocycles. The molecule has 1 N–H and O–H groups in total. The molecular weight excluding hydrogens is 234 g/mol. The summed E-state index contributed by atoms with van der Waals surface area (Å²) in [4.78, 5) is 11.8. The van der Waals surface area contributed by atoms with Crippen molar-refractivity contribution in [2.45, 2.75) is 38.5 Å². The molecule has 1 aromatic rings. The Morgan fingerprint density at radius 3 is 2.82 bits per heavy atom. The van der Waals surface area contributed by atoms with Crippen molar-refractivity contribution in [3.05, 3.63) is 35.4 Å². The monoisotopic (exact) mass is 253 g/mol. The second-order valence-corrected chi connectivity index (χ2v) is 4.42. The number of halogens is 1. The minimum atomic E-state index is -0.00605. The van der Waals surface area contributed by atoms with Crippen LogP contribution in [0.15, 0.2) is 24.3 Å². The molecule has 2 nitrogen and oxygen atoms in total. The first-order chi connectivity index (χ1) is 8.27. The van der Waals surface area contributed by atoms with Crippen LogP contribution < -0.4 is 5.32 Å². The molecule has 94 valence electrons. The number of alkyl halides is 1. The molecule has 0 fully saturated rings. The van der Waals surface area contributed by atoms with Crippen molar-refractivity contribution in [1.82, 2.24) is 5.32 Å². The third kappa shape index (κ3) is 5.22. The van der Waals surface area contributed by atoms with Gasteiger partial charge in [0.15, 0.2) is 0 Å². The molecule has 0 atom stereocenters. The van der Waals surface area contributed by atoms with Crippen molar-refractivity contribution in [1.29, 1.82) is 0 Å². The normalized spacial score (nSPS) is 10.2. The molecule has 0 saturated heterocycles. The van der Waals surface area contributed by atoms with Crippen LogP contribution in [0.25, 0.3) is 0 Å². The summed E-state index contributed by atoms with van der Waals surface area (Å²) < 4.78 is 0. The number of hydrogen-bond acceptors (Lipinski definition) is 1. The second kappa shape index (κ2) is 8.13. The van der Waals surface area contributed by atoms with E-state index in [1.807, 2.05) is 24.3 Å². The third-order valence-corrected chi connectivity index (χ3v) is 2.97. The quantitative estimate of drug-likeness (QED) is 0.582. The summed E-state index contributed by atoms with van der Waals surface area (Å²) in [5.74, 6) is 0.436. The van der Waals surface area contributed by atoms with E-state index in [0.717, 1.165) is 18.5 Å². The predicted molar refractivity (Wildman–Crippen MR) is 72.5 cm³/mol. The Balaban J connectivity index is 2.36. The fraction of sp³-hybridized carbons (Fsp3) is 0.500. The fourth-order valence-corrected chi connectivity index (χ4v) is 1.82. The molecule has 0 radical (unpaired) electrons. The highest BCUT2D eigenvalue weighted by atomic mass is 35.5. The van der Waals surface area contributed by atoms with Gasteiger partial charge in [-0.05, 0) is 24.1 Å². The Morgan fingerprint density at radius 1 is 1.29 bits per heavy atom. The summed E-state index contributed by atoms with van der Waals surface area (Å²) in [6.07, 6.45) is 4.68. The zero-order valence-electron chi connectivity index (χ0n) is 10.3. The molecule has 0 spiro atoms. The van der Waals surface area contributed by atoms with E-state index in [1.165, 1.54) is 19.3 Å². The van der Waals surface area contributed by atoms with Crippen molar-refractivity contribution < 1.29 is 4.79 Å². The molecule has 1 amide bonds. The minimum absolute atomic E-state index is 0.00605.